The first-order valence-corrected chi connectivity index (χ1v) is 11.4. The molecule has 0 amide bonds. The Kier molecular flexibility index (Phi) is 6.89. The summed E-state index contributed by atoms with van der Waals surface area (Å²) in [6.07, 6.45) is 1.13. The summed E-state index contributed by atoms with van der Waals surface area (Å²) in [4.78, 5) is 0. The topological polar surface area (TPSA) is 56.5 Å². The van der Waals surface area contributed by atoms with Gasteiger partial charge in [0.25, 0.3) is 0 Å². The molecule has 4 nitrogen and oxygen atoms in total. The lowest BCUT2D eigenvalue weighted by atomic mass is 10.5. The Morgan fingerprint density at radius 1 is 1.20 bits per heavy atom. The second-order valence-corrected chi connectivity index (χ2v) is 12.8. The molecule has 0 aromatic carbocycles. The summed E-state index contributed by atoms with van der Waals surface area (Å²) in [6, 6.07) is 1.15. The third kappa shape index (κ3) is 8.12. The van der Waals surface area contributed by atoms with E-state index < -0.39 is 16.9 Å². The highest BCUT2D eigenvalue weighted by Gasteiger charge is 2.33. The van der Waals surface area contributed by atoms with Crippen LogP contribution in [0.25, 0.3) is 0 Å². The second-order valence-electron chi connectivity index (χ2n) is 4.77. The maximum atomic E-state index is 6.15. The fourth-order valence-electron chi connectivity index (χ4n) is 1.50. The highest BCUT2D eigenvalue weighted by molar-refractivity contribution is 6.82. The standard InChI is InChI=1S/C9H26N2O2Si2/c1-12-15(4,5)13-14(2,3)8-6-7-11-9-10/h11H,6-10H2,1-5H3. The van der Waals surface area contributed by atoms with Gasteiger partial charge in [0.15, 0.2) is 8.32 Å². The monoisotopic (exact) mass is 250 g/mol. The van der Waals surface area contributed by atoms with Gasteiger partial charge in [-0.1, -0.05) is 0 Å². The van der Waals surface area contributed by atoms with Crippen LogP contribution >= 0.6 is 0 Å². The minimum Gasteiger partial charge on any atom is -0.436 e. The molecule has 0 aliphatic heterocycles. The Morgan fingerprint density at radius 2 is 1.80 bits per heavy atom. The molecule has 0 unspecified atom stereocenters. The molecule has 0 aromatic rings. The van der Waals surface area contributed by atoms with Crippen LogP contribution in [0, 0.1) is 0 Å². The van der Waals surface area contributed by atoms with Crippen LogP contribution in [0.5, 0.6) is 0 Å². The van der Waals surface area contributed by atoms with Crippen LogP contribution < -0.4 is 11.1 Å². The summed E-state index contributed by atoms with van der Waals surface area (Å²) >= 11 is 0. The van der Waals surface area contributed by atoms with Crippen molar-refractivity contribution in [3.8, 4) is 0 Å². The number of hydrogen-bond donors (Lipinski definition) is 2. The van der Waals surface area contributed by atoms with Crippen LogP contribution in [0.4, 0.5) is 0 Å². The SMILES string of the molecule is CO[Si](C)(C)O[Si](C)(C)CCCNCN. The normalized spacial score (nSPS) is 13.2. The van der Waals surface area contributed by atoms with Gasteiger partial charge >= 0.3 is 8.56 Å². The highest BCUT2D eigenvalue weighted by atomic mass is 28.4. The van der Waals surface area contributed by atoms with E-state index in [1.807, 2.05) is 0 Å². The fourth-order valence-corrected chi connectivity index (χ4v) is 8.59. The molecule has 92 valence electrons. The van der Waals surface area contributed by atoms with Gasteiger partial charge < -0.3 is 19.6 Å². The van der Waals surface area contributed by atoms with Crippen LogP contribution in [0.15, 0.2) is 0 Å². The predicted octanol–water partition coefficient (Wildman–Crippen LogP) is 1.45. The molecule has 15 heavy (non-hydrogen) atoms. The number of rotatable bonds is 8. The lowest BCUT2D eigenvalue weighted by Crippen LogP contribution is -2.46. The van der Waals surface area contributed by atoms with E-state index in [0.29, 0.717) is 6.67 Å². The van der Waals surface area contributed by atoms with E-state index in [1.165, 1.54) is 0 Å². The van der Waals surface area contributed by atoms with E-state index in [9.17, 15) is 0 Å². The summed E-state index contributed by atoms with van der Waals surface area (Å²) in [5.74, 6) is 0. The minimum absolute atomic E-state index is 0.557. The molecule has 0 fully saturated rings. The van der Waals surface area contributed by atoms with Crippen molar-refractivity contribution in [1.82, 2.24) is 5.32 Å². The first-order chi connectivity index (χ1) is 6.83. The van der Waals surface area contributed by atoms with Gasteiger partial charge in [-0.05, 0) is 45.2 Å². The smallest absolute Gasteiger partial charge is 0.321 e. The molecular formula is C9H26N2O2Si2. The second kappa shape index (κ2) is 6.77. The summed E-state index contributed by atoms with van der Waals surface area (Å²) in [6.45, 7) is 10.2. The predicted molar refractivity (Wildman–Crippen MR) is 69.5 cm³/mol. The fraction of sp³-hybridized carbons (Fsp3) is 1.00. The Hall–Kier alpha value is 0.274. The number of nitrogens with one attached hydrogen (secondary N) is 1. The average Bonchev–Trinajstić information content (AvgIpc) is 2.11. The molecule has 0 aliphatic rings. The van der Waals surface area contributed by atoms with Gasteiger partial charge in [0.2, 0.25) is 0 Å². The van der Waals surface area contributed by atoms with Gasteiger partial charge in [-0.3, -0.25) is 0 Å². The Balaban J connectivity index is 3.85. The zero-order valence-corrected chi connectivity index (χ0v) is 12.7. The largest absolute Gasteiger partial charge is 0.436 e. The molecule has 0 radical (unpaired) electrons. The summed E-state index contributed by atoms with van der Waals surface area (Å²) in [5, 5.41) is 3.12. The van der Waals surface area contributed by atoms with Crippen molar-refractivity contribution in [3.05, 3.63) is 0 Å². The minimum atomic E-state index is -1.86. The van der Waals surface area contributed by atoms with Crippen molar-refractivity contribution in [2.45, 2.75) is 38.7 Å². The zero-order chi connectivity index (χ0) is 11.9. The van der Waals surface area contributed by atoms with Crippen molar-refractivity contribution >= 4 is 16.9 Å². The molecule has 0 bridgehead atoms. The van der Waals surface area contributed by atoms with Crippen LogP contribution in [0.1, 0.15) is 6.42 Å². The van der Waals surface area contributed by atoms with E-state index in [-0.39, 0.29) is 0 Å². The van der Waals surface area contributed by atoms with E-state index >= 15 is 0 Å². The third-order valence-corrected chi connectivity index (χ3v) is 9.01. The first kappa shape index (κ1) is 15.3. The third-order valence-electron chi connectivity index (χ3n) is 2.29. The van der Waals surface area contributed by atoms with Gasteiger partial charge in [-0.25, -0.2) is 0 Å². The van der Waals surface area contributed by atoms with Crippen LogP contribution in [0.3, 0.4) is 0 Å². The van der Waals surface area contributed by atoms with Crippen LogP contribution in [-0.4, -0.2) is 37.2 Å². The van der Waals surface area contributed by atoms with Gasteiger partial charge in [0.1, 0.15) is 0 Å². The average molecular weight is 250 g/mol. The van der Waals surface area contributed by atoms with Crippen molar-refractivity contribution in [2.24, 2.45) is 5.73 Å². The molecule has 0 spiro atoms. The quantitative estimate of drug-likeness (QED) is 0.389. The Bertz CT molecular complexity index is 177. The van der Waals surface area contributed by atoms with Crippen molar-refractivity contribution in [3.63, 3.8) is 0 Å². The molecule has 0 saturated heterocycles. The Labute approximate surface area is 95.9 Å². The molecular weight excluding hydrogens is 224 g/mol. The molecule has 0 rings (SSSR count). The number of nitrogens with two attached hydrogens (primary N) is 1. The molecule has 3 N–H and O–H groups in total. The van der Waals surface area contributed by atoms with Gasteiger partial charge in [0, 0.05) is 13.8 Å². The molecule has 0 aliphatic carbocycles. The highest BCUT2D eigenvalue weighted by Crippen LogP contribution is 2.19. The molecule has 0 atom stereocenters. The van der Waals surface area contributed by atoms with E-state index in [4.69, 9.17) is 14.3 Å². The van der Waals surface area contributed by atoms with Crippen molar-refractivity contribution in [1.29, 1.82) is 0 Å². The zero-order valence-electron chi connectivity index (χ0n) is 10.7. The molecule has 0 saturated carbocycles. The maximum Gasteiger partial charge on any atom is 0.321 e. The van der Waals surface area contributed by atoms with E-state index in [2.05, 4.69) is 31.5 Å². The van der Waals surface area contributed by atoms with Crippen molar-refractivity contribution < 1.29 is 8.54 Å². The summed E-state index contributed by atoms with van der Waals surface area (Å²) in [7, 11) is -1.68. The summed E-state index contributed by atoms with van der Waals surface area (Å²) in [5.41, 5.74) is 5.36. The lowest BCUT2D eigenvalue weighted by molar-refractivity contribution is 0.309. The molecule has 6 heteroatoms. The molecule has 0 heterocycles. The maximum absolute atomic E-state index is 6.15. The first-order valence-electron chi connectivity index (χ1n) is 5.49. The van der Waals surface area contributed by atoms with Gasteiger partial charge in [0.05, 0.1) is 0 Å². The molecule has 0 aromatic heterocycles. The van der Waals surface area contributed by atoms with E-state index in [0.717, 1.165) is 19.0 Å². The van der Waals surface area contributed by atoms with Gasteiger partial charge in [-0.15, -0.1) is 0 Å². The Morgan fingerprint density at radius 3 is 2.27 bits per heavy atom. The van der Waals surface area contributed by atoms with E-state index in [1.54, 1.807) is 7.11 Å². The van der Waals surface area contributed by atoms with Crippen LogP contribution in [-0.2, 0) is 8.54 Å². The number of hydrogen-bond acceptors (Lipinski definition) is 4. The summed E-state index contributed by atoms with van der Waals surface area (Å²) < 4.78 is 11.6. The van der Waals surface area contributed by atoms with Gasteiger partial charge in [-0.2, -0.15) is 0 Å². The van der Waals surface area contributed by atoms with Crippen LogP contribution in [0.2, 0.25) is 32.2 Å². The lowest BCUT2D eigenvalue weighted by Gasteiger charge is -2.32. The van der Waals surface area contributed by atoms with Crippen molar-refractivity contribution in [2.75, 3.05) is 20.3 Å².